The lowest BCUT2D eigenvalue weighted by Gasteiger charge is -2.15. The van der Waals surface area contributed by atoms with Crippen LogP contribution in [0.25, 0.3) is 0 Å². The van der Waals surface area contributed by atoms with Crippen LogP contribution >= 0.6 is 15.9 Å². The van der Waals surface area contributed by atoms with E-state index in [-0.39, 0.29) is 5.82 Å². The topological polar surface area (TPSA) is 35.2 Å². The highest BCUT2D eigenvalue weighted by Crippen LogP contribution is 2.26. The van der Waals surface area contributed by atoms with Gasteiger partial charge in [-0.05, 0) is 36.8 Å². The lowest BCUT2D eigenvalue weighted by Crippen LogP contribution is -2.13. The first-order valence-electron chi connectivity index (χ1n) is 6.05. The molecule has 0 aromatic heterocycles. The zero-order valence-corrected chi connectivity index (χ0v) is 12.2. The Bertz CT molecular complexity index is 574. The summed E-state index contributed by atoms with van der Waals surface area (Å²) in [6.07, 6.45) is 0. The highest BCUT2D eigenvalue weighted by molar-refractivity contribution is 9.10. The molecule has 0 spiro atoms. The fourth-order valence-electron chi connectivity index (χ4n) is 1.90. The minimum absolute atomic E-state index is 0.316. The molecule has 2 nitrogen and oxygen atoms in total. The average molecular weight is 324 g/mol. The second-order valence-corrected chi connectivity index (χ2v) is 5.06. The molecule has 2 aromatic rings. The molecule has 4 heteroatoms. The quantitative estimate of drug-likeness (QED) is 0.921. The Kier molecular flexibility index (Phi) is 4.56. The Labute approximate surface area is 120 Å². The predicted octanol–water partition coefficient (Wildman–Crippen LogP) is 4.04. The van der Waals surface area contributed by atoms with Crippen LogP contribution in [0.1, 0.15) is 24.1 Å². The molecule has 0 aliphatic rings. The van der Waals surface area contributed by atoms with Crippen molar-refractivity contribution in [3.8, 4) is 5.75 Å². The molecule has 0 fully saturated rings. The molecular formula is C15H15BrFNO. The van der Waals surface area contributed by atoms with E-state index in [4.69, 9.17) is 10.5 Å². The molecular weight excluding hydrogens is 309 g/mol. The van der Waals surface area contributed by atoms with Crippen LogP contribution in [-0.4, -0.2) is 6.61 Å². The number of nitrogens with two attached hydrogens (primary N) is 1. The van der Waals surface area contributed by atoms with E-state index in [9.17, 15) is 4.39 Å². The van der Waals surface area contributed by atoms with Gasteiger partial charge in [-0.25, -0.2) is 4.39 Å². The zero-order chi connectivity index (χ0) is 13.8. The molecule has 1 atom stereocenters. The van der Waals surface area contributed by atoms with Gasteiger partial charge in [-0.15, -0.1) is 0 Å². The molecule has 2 rings (SSSR count). The number of halogens is 2. The largest absolute Gasteiger partial charge is 0.494 e. The molecule has 0 heterocycles. The van der Waals surface area contributed by atoms with Crippen molar-refractivity contribution < 1.29 is 9.13 Å². The van der Waals surface area contributed by atoms with E-state index in [0.717, 1.165) is 11.3 Å². The van der Waals surface area contributed by atoms with Crippen LogP contribution in [0.4, 0.5) is 4.39 Å². The van der Waals surface area contributed by atoms with Gasteiger partial charge in [0, 0.05) is 10.0 Å². The summed E-state index contributed by atoms with van der Waals surface area (Å²) in [5.74, 6) is 0.427. The minimum Gasteiger partial charge on any atom is -0.494 e. The van der Waals surface area contributed by atoms with Crippen molar-refractivity contribution >= 4 is 15.9 Å². The van der Waals surface area contributed by atoms with Crippen LogP contribution < -0.4 is 10.5 Å². The number of rotatable bonds is 4. The van der Waals surface area contributed by atoms with Gasteiger partial charge in [-0.2, -0.15) is 0 Å². The van der Waals surface area contributed by atoms with Crippen molar-refractivity contribution in [1.29, 1.82) is 0 Å². The molecule has 0 radical (unpaired) electrons. The fraction of sp³-hybridized carbons (Fsp3) is 0.200. The van der Waals surface area contributed by atoms with Gasteiger partial charge >= 0.3 is 0 Å². The third-order valence-corrected chi connectivity index (χ3v) is 3.32. The summed E-state index contributed by atoms with van der Waals surface area (Å²) in [7, 11) is 0. The van der Waals surface area contributed by atoms with Crippen molar-refractivity contribution in [2.45, 2.75) is 13.0 Å². The summed E-state index contributed by atoms with van der Waals surface area (Å²) in [4.78, 5) is 0. The molecule has 1 unspecified atom stereocenters. The maximum Gasteiger partial charge on any atom is 0.129 e. The van der Waals surface area contributed by atoms with E-state index >= 15 is 0 Å². The molecule has 0 saturated heterocycles. The Morgan fingerprint density at radius 2 is 2.05 bits per heavy atom. The Morgan fingerprint density at radius 1 is 1.26 bits per heavy atom. The van der Waals surface area contributed by atoms with Gasteiger partial charge < -0.3 is 10.5 Å². The predicted molar refractivity (Wildman–Crippen MR) is 77.7 cm³/mol. The smallest absolute Gasteiger partial charge is 0.129 e. The zero-order valence-electron chi connectivity index (χ0n) is 10.6. The molecule has 100 valence electrons. The van der Waals surface area contributed by atoms with Crippen molar-refractivity contribution in [3.05, 3.63) is 63.9 Å². The monoisotopic (exact) mass is 323 g/mol. The molecule has 19 heavy (non-hydrogen) atoms. The van der Waals surface area contributed by atoms with Crippen LogP contribution in [0.2, 0.25) is 0 Å². The first-order valence-corrected chi connectivity index (χ1v) is 6.84. The molecule has 0 bridgehead atoms. The summed E-state index contributed by atoms with van der Waals surface area (Å²) in [5, 5.41) is 0. The van der Waals surface area contributed by atoms with Gasteiger partial charge in [0.15, 0.2) is 0 Å². The maximum absolute atomic E-state index is 13.9. The van der Waals surface area contributed by atoms with Crippen LogP contribution in [0, 0.1) is 5.82 Å². The van der Waals surface area contributed by atoms with E-state index in [1.807, 2.05) is 31.2 Å². The van der Waals surface area contributed by atoms with Gasteiger partial charge in [0.05, 0.1) is 12.6 Å². The minimum atomic E-state index is -0.506. The van der Waals surface area contributed by atoms with Crippen LogP contribution in [0.3, 0.4) is 0 Å². The maximum atomic E-state index is 13.9. The third kappa shape index (κ3) is 3.33. The third-order valence-electron chi connectivity index (χ3n) is 2.83. The highest BCUT2D eigenvalue weighted by Gasteiger charge is 2.14. The number of hydrogen-bond acceptors (Lipinski definition) is 2. The lowest BCUT2D eigenvalue weighted by atomic mass is 9.99. The summed E-state index contributed by atoms with van der Waals surface area (Å²) >= 11 is 3.23. The Morgan fingerprint density at radius 3 is 2.74 bits per heavy atom. The number of benzene rings is 2. The summed E-state index contributed by atoms with van der Waals surface area (Å²) in [5.41, 5.74) is 7.42. The highest BCUT2D eigenvalue weighted by atomic mass is 79.9. The first kappa shape index (κ1) is 14.0. The van der Waals surface area contributed by atoms with Crippen molar-refractivity contribution in [1.82, 2.24) is 0 Å². The van der Waals surface area contributed by atoms with Crippen LogP contribution in [0.15, 0.2) is 46.9 Å². The summed E-state index contributed by atoms with van der Waals surface area (Å²) in [6.45, 7) is 2.51. The molecule has 0 aliphatic heterocycles. The van der Waals surface area contributed by atoms with E-state index in [0.29, 0.717) is 16.6 Å². The summed E-state index contributed by atoms with van der Waals surface area (Å²) in [6, 6.07) is 11.8. The van der Waals surface area contributed by atoms with Gasteiger partial charge in [0.25, 0.3) is 0 Å². The lowest BCUT2D eigenvalue weighted by molar-refractivity contribution is 0.340. The van der Waals surface area contributed by atoms with E-state index in [2.05, 4.69) is 15.9 Å². The van der Waals surface area contributed by atoms with Gasteiger partial charge in [0.1, 0.15) is 11.6 Å². The standard InChI is InChI=1S/C15H15BrFNO/c1-2-19-12-5-3-4-10(8-12)15(18)13-7-6-11(16)9-14(13)17/h3-9,15H,2,18H2,1H3. The van der Waals surface area contributed by atoms with Gasteiger partial charge in [0.2, 0.25) is 0 Å². The second-order valence-electron chi connectivity index (χ2n) is 4.15. The van der Waals surface area contributed by atoms with E-state index in [1.165, 1.54) is 6.07 Å². The van der Waals surface area contributed by atoms with Crippen molar-refractivity contribution in [2.24, 2.45) is 5.73 Å². The van der Waals surface area contributed by atoms with Crippen LogP contribution in [-0.2, 0) is 0 Å². The molecule has 0 saturated carbocycles. The molecule has 0 aliphatic carbocycles. The van der Waals surface area contributed by atoms with Crippen LogP contribution in [0.5, 0.6) is 5.75 Å². The number of hydrogen-bond donors (Lipinski definition) is 1. The van der Waals surface area contributed by atoms with Crippen molar-refractivity contribution in [2.75, 3.05) is 6.61 Å². The first-order chi connectivity index (χ1) is 9.11. The average Bonchev–Trinajstić information content (AvgIpc) is 2.39. The molecule has 2 N–H and O–H groups in total. The Hall–Kier alpha value is -1.39. The Balaban J connectivity index is 2.32. The van der Waals surface area contributed by atoms with E-state index in [1.54, 1.807) is 12.1 Å². The second kappa shape index (κ2) is 6.17. The van der Waals surface area contributed by atoms with Gasteiger partial charge in [-0.1, -0.05) is 34.1 Å². The SMILES string of the molecule is CCOc1cccc(C(N)c2ccc(Br)cc2F)c1. The number of ether oxygens (including phenoxy) is 1. The van der Waals surface area contributed by atoms with E-state index < -0.39 is 6.04 Å². The van der Waals surface area contributed by atoms with Gasteiger partial charge in [-0.3, -0.25) is 0 Å². The van der Waals surface area contributed by atoms with Crippen molar-refractivity contribution in [3.63, 3.8) is 0 Å². The molecule has 0 amide bonds. The normalized spacial score (nSPS) is 12.2. The fourth-order valence-corrected chi connectivity index (χ4v) is 2.23. The summed E-state index contributed by atoms with van der Waals surface area (Å²) < 4.78 is 20.0. The molecule has 2 aromatic carbocycles.